The molecule has 40 heteroatoms. The second-order valence-electron chi connectivity index (χ2n) is 37.5. The largest absolute Gasteiger partial charge is 0.416 e. The van der Waals surface area contributed by atoms with Gasteiger partial charge in [-0.1, -0.05) is 48.5 Å². The highest BCUT2D eigenvalue weighted by Gasteiger charge is 2.53. The second kappa shape index (κ2) is 43.1. The summed E-state index contributed by atoms with van der Waals surface area (Å²) < 4.78 is 399. The lowest BCUT2D eigenvalue weighted by Gasteiger charge is -2.34. The number of carbonyl (C=O) groups is 4. The average Bonchev–Trinajstić information content (AvgIpc) is 1.57. The molecule has 4 heterocycles. The van der Waals surface area contributed by atoms with Crippen molar-refractivity contribution in [3.8, 4) is 0 Å². The molecule has 142 heavy (non-hydrogen) atoms. The highest BCUT2D eigenvalue weighted by molar-refractivity contribution is 5.80. The van der Waals surface area contributed by atoms with Crippen LogP contribution in [0.3, 0.4) is 0 Å². The van der Waals surface area contributed by atoms with Crippen molar-refractivity contribution in [2.24, 2.45) is 23.7 Å². The van der Waals surface area contributed by atoms with E-state index < -0.39 is 166 Å². The first-order valence-electron chi connectivity index (χ1n) is 46.1. The van der Waals surface area contributed by atoms with Crippen molar-refractivity contribution in [1.82, 2.24) is 20.4 Å². The van der Waals surface area contributed by atoms with Crippen LogP contribution in [0.1, 0.15) is 268 Å². The number of likely N-dealkylation sites (tertiary alicyclic amines) is 2. The number of alkyl halides is 24. The van der Waals surface area contributed by atoms with Crippen molar-refractivity contribution in [3.63, 3.8) is 0 Å². The van der Waals surface area contributed by atoms with Crippen LogP contribution in [0.25, 0.3) is 0 Å². The summed E-state index contributed by atoms with van der Waals surface area (Å²) in [5.41, 5.74) is -9.10. The lowest BCUT2D eigenvalue weighted by Crippen LogP contribution is -2.37. The monoisotopic (exact) mass is 2040 g/mol. The van der Waals surface area contributed by atoms with E-state index in [-0.39, 0.29) is 142 Å². The first-order chi connectivity index (χ1) is 66.2. The minimum Gasteiger partial charge on any atom is -0.370 e. The minimum atomic E-state index is -4.95. The van der Waals surface area contributed by atoms with Gasteiger partial charge in [0.25, 0.3) is 0 Å². The Balaban J connectivity index is 0.000000159. The zero-order valence-electron chi connectivity index (χ0n) is 76.8. The van der Waals surface area contributed by atoms with E-state index in [0.717, 1.165) is 22.3 Å². The van der Waals surface area contributed by atoms with Gasteiger partial charge in [-0.25, -0.2) is 17.6 Å². The van der Waals surface area contributed by atoms with Gasteiger partial charge in [0.1, 0.15) is 23.3 Å². The van der Waals surface area contributed by atoms with Crippen LogP contribution in [0.5, 0.6) is 0 Å². The summed E-state index contributed by atoms with van der Waals surface area (Å²) in [5, 5.41) is 5.88. The molecule has 772 valence electrons. The Hall–Kier alpha value is -10.5. The smallest absolute Gasteiger partial charge is 0.370 e. The maximum atomic E-state index is 13.6. The van der Waals surface area contributed by atoms with Gasteiger partial charge < -0.3 is 39.4 Å². The Kier molecular flexibility index (Phi) is 33.0. The van der Waals surface area contributed by atoms with E-state index >= 15 is 0 Å². The summed E-state index contributed by atoms with van der Waals surface area (Å²) in [7, 11) is 3.44. The number of rotatable bonds is 20. The molecule has 4 aliphatic carbocycles. The Morgan fingerprint density at radius 1 is 0.261 bits per heavy atom. The average molecular weight is 2040 g/mol. The summed E-state index contributed by atoms with van der Waals surface area (Å²) in [6.07, 6.45) is -37.4. The van der Waals surface area contributed by atoms with Crippen LogP contribution < -0.4 is 10.6 Å². The lowest BCUT2D eigenvalue weighted by molar-refractivity contribution is -0.145. The number of ether oxygens (including phenoxy) is 4. The van der Waals surface area contributed by atoms with Crippen LogP contribution in [0, 0.1) is 46.9 Å². The molecule has 16 rings (SSSR count). The second-order valence-corrected chi connectivity index (χ2v) is 37.5. The number of amides is 4. The standard InChI is InChI=1S/2C26H26F7NO2.2C25H24F7NO2/c2*1-14(16-11-17(25(28,29)30)13-18(12-16)26(31,32)33)36-22-9-7-20(21-8-10-23(35)34(21)2)24(22)15-3-5-19(27)6-4-15;2*1-13(15-10-16(24(27,28)29)12-17(11-15)25(30,31)32)35-21-8-6-19(20-7-9-22(34)33-20)23(21)14-2-4-18(26)5-3-14/h2*3-6,11-14,20-22,24H,7-10H2,1-2H3;2*2-5,10-13,19-21,23H,6-9H2,1H3,(H,33,34)/t14-,20+,21+,22+,24+;14-,20+,21-,22+,24+;13-,19+,20+,21+,23+;13-,19+,20-,21+,23+/m1111/s1. The molecule has 2 N–H and O–H groups in total. The topological polar surface area (TPSA) is 136 Å². The van der Waals surface area contributed by atoms with Crippen molar-refractivity contribution in [2.45, 2.75) is 277 Å². The molecule has 0 radical (unpaired) electrons. The molecule has 4 saturated carbocycles. The number of nitrogens with one attached hydrogen (secondary N) is 2. The molecule has 0 bridgehead atoms. The number of carbonyl (C=O) groups excluding carboxylic acids is 4. The fraction of sp³-hybridized carbons (Fsp3) is 0.490. The normalized spacial score (nSPS) is 26.1. The molecule has 4 amide bonds. The van der Waals surface area contributed by atoms with Crippen molar-refractivity contribution in [2.75, 3.05) is 14.1 Å². The summed E-state index contributed by atoms with van der Waals surface area (Å²) in [6.45, 7) is 5.69. The Bertz CT molecular complexity index is 5230. The van der Waals surface area contributed by atoms with E-state index in [9.17, 15) is 142 Å². The van der Waals surface area contributed by atoms with E-state index in [2.05, 4.69) is 10.6 Å². The van der Waals surface area contributed by atoms with Crippen LogP contribution in [0.15, 0.2) is 170 Å². The Morgan fingerprint density at radius 2 is 0.451 bits per heavy atom. The maximum Gasteiger partial charge on any atom is 0.416 e. The van der Waals surface area contributed by atoms with Crippen molar-refractivity contribution >= 4 is 23.6 Å². The van der Waals surface area contributed by atoms with Gasteiger partial charge in [-0.05, 0) is 294 Å². The summed E-state index contributed by atoms with van der Waals surface area (Å²) in [6, 6.07) is 28.6. The molecule has 4 aliphatic heterocycles. The van der Waals surface area contributed by atoms with E-state index in [1.807, 2.05) is 0 Å². The van der Waals surface area contributed by atoms with Crippen molar-refractivity contribution in [3.05, 3.63) is 282 Å². The molecule has 12 nitrogen and oxygen atoms in total. The fourth-order valence-corrected chi connectivity index (χ4v) is 21.7. The zero-order valence-corrected chi connectivity index (χ0v) is 76.8. The van der Waals surface area contributed by atoms with Gasteiger partial charge >= 0.3 is 49.4 Å². The third-order valence-electron chi connectivity index (χ3n) is 28.6. The first kappa shape index (κ1) is 109. The van der Waals surface area contributed by atoms with Gasteiger partial charge in [-0.3, -0.25) is 19.2 Å². The van der Waals surface area contributed by atoms with Gasteiger partial charge in [0.05, 0.1) is 93.3 Å². The summed E-state index contributed by atoms with van der Waals surface area (Å²) in [4.78, 5) is 51.3. The number of halogens is 28. The van der Waals surface area contributed by atoms with Crippen LogP contribution >= 0.6 is 0 Å². The molecule has 4 saturated heterocycles. The molecule has 0 spiro atoms. The van der Waals surface area contributed by atoms with Crippen molar-refractivity contribution < 1.29 is 161 Å². The van der Waals surface area contributed by atoms with E-state index in [4.69, 9.17) is 18.9 Å². The van der Waals surface area contributed by atoms with E-state index in [1.165, 1.54) is 76.2 Å². The zero-order chi connectivity index (χ0) is 104. The Morgan fingerprint density at radius 3 is 0.620 bits per heavy atom. The van der Waals surface area contributed by atoms with Gasteiger partial charge in [0, 0.05) is 87.6 Å². The predicted octanol–water partition coefficient (Wildman–Crippen LogP) is 27.8. The van der Waals surface area contributed by atoms with Crippen LogP contribution in [-0.2, 0) is 87.5 Å². The van der Waals surface area contributed by atoms with E-state index in [1.54, 1.807) is 72.4 Å². The quantitative estimate of drug-likeness (QED) is 0.0720. The molecule has 0 unspecified atom stereocenters. The third kappa shape index (κ3) is 26.2. The molecule has 8 fully saturated rings. The minimum absolute atomic E-state index is 0.0132. The van der Waals surface area contributed by atoms with Gasteiger partial charge in [0.2, 0.25) is 23.6 Å². The Labute approximate surface area is 798 Å². The van der Waals surface area contributed by atoms with E-state index in [0.29, 0.717) is 151 Å². The summed E-state index contributed by atoms with van der Waals surface area (Å²) in [5.74, 6) is -3.31. The van der Waals surface area contributed by atoms with Crippen LogP contribution in [-0.4, -0.2) is 96.1 Å². The van der Waals surface area contributed by atoms with Gasteiger partial charge in [-0.2, -0.15) is 105 Å². The number of hydrogen-bond acceptors (Lipinski definition) is 8. The van der Waals surface area contributed by atoms with Crippen LogP contribution in [0.2, 0.25) is 0 Å². The molecule has 0 aromatic heterocycles. The number of benzene rings is 8. The molecule has 8 aliphatic rings. The SMILES string of the molecule is C[C@@H](O[C@H]1CC[C@@H]([C@@H]2CCC(=O)N2)[C@@H]1c1ccc(F)cc1)c1cc(C(F)(F)F)cc(C(F)(F)F)c1.C[C@@H](O[C@H]1CC[C@@H]([C@@H]2CCC(=O)N2C)[C@@H]1c1ccc(F)cc1)c1cc(C(F)(F)F)cc(C(F)(F)F)c1.C[C@@H](O[C@H]1CC[C@@H]([C@H]2CCC(=O)N2)[C@@H]1c1ccc(F)cc1)c1cc(C(F)(F)F)cc(C(F)(F)F)c1.C[C@@H](O[C@H]1CC[C@@H]([C@H]2CCC(=O)N2C)[C@@H]1c1ccc(F)cc1)c1cc(C(F)(F)F)cc(C(F)(F)F)c1. The third-order valence-corrected chi connectivity index (χ3v) is 28.6. The molecule has 8 aromatic rings. The number of nitrogens with zero attached hydrogens (tertiary/aromatic N) is 2. The highest BCUT2D eigenvalue weighted by atomic mass is 19.4. The van der Waals surface area contributed by atoms with Gasteiger partial charge in [0.15, 0.2) is 0 Å². The van der Waals surface area contributed by atoms with Gasteiger partial charge in [-0.15, -0.1) is 0 Å². The lowest BCUT2D eigenvalue weighted by atomic mass is 9.82. The maximum absolute atomic E-state index is 13.6. The highest BCUT2D eigenvalue weighted by Crippen LogP contribution is 2.55. The molecule has 8 aromatic carbocycles. The molecular weight excluding hydrogens is 1940 g/mol. The fourth-order valence-electron chi connectivity index (χ4n) is 21.7. The predicted molar refractivity (Wildman–Crippen MR) is 460 cm³/mol. The van der Waals surface area contributed by atoms with Crippen molar-refractivity contribution in [1.29, 1.82) is 0 Å². The first-order valence-corrected chi connectivity index (χ1v) is 46.1. The molecular formula is C102H100F28N4O8. The van der Waals surface area contributed by atoms with Crippen LogP contribution in [0.4, 0.5) is 123 Å². The molecule has 20 atom stereocenters. The summed E-state index contributed by atoms with van der Waals surface area (Å²) >= 11 is 0. The number of hydrogen-bond donors (Lipinski definition) is 2.